The van der Waals surface area contributed by atoms with E-state index in [0.29, 0.717) is 19.7 Å². The second-order valence-electron chi connectivity index (χ2n) is 5.69. The van der Waals surface area contributed by atoms with Crippen LogP contribution in [0.1, 0.15) is 11.8 Å². The predicted octanol–water partition coefficient (Wildman–Crippen LogP) is 1.35. The molecule has 0 radical (unpaired) electrons. The van der Waals surface area contributed by atoms with Crippen molar-refractivity contribution in [2.75, 3.05) is 19.7 Å². The number of morpholine rings is 1. The Morgan fingerprint density at radius 1 is 1.57 bits per heavy atom. The molecule has 3 rings (SSSR count). The molecule has 1 saturated heterocycles. The fourth-order valence-electron chi connectivity index (χ4n) is 2.72. The van der Waals surface area contributed by atoms with Crippen LogP contribution in [0.4, 0.5) is 0 Å². The van der Waals surface area contributed by atoms with Crippen molar-refractivity contribution in [3.63, 3.8) is 0 Å². The number of nitrogens with one attached hydrogen (secondary N) is 1. The largest absolute Gasteiger partial charge is 0.374 e. The zero-order valence-corrected chi connectivity index (χ0v) is 14.0. The first-order valence-electron chi connectivity index (χ1n) is 7.85. The molecule has 1 amide bonds. The second-order valence-corrected chi connectivity index (χ2v) is 6.72. The normalized spacial score (nSPS) is 20.3. The Labute approximate surface area is 140 Å². The number of rotatable bonds is 6. The van der Waals surface area contributed by atoms with E-state index in [1.165, 1.54) is 4.88 Å². The molecule has 0 bridgehead atoms. The third-order valence-corrected chi connectivity index (χ3v) is 4.94. The van der Waals surface area contributed by atoms with Crippen LogP contribution in [0.15, 0.2) is 36.0 Å². The van der Waals surface area contributed by atoms with Crippen LogP contribution < -0.4 is 5.32 Å². The van der Waals surface area contributed by atoms with Gasteiger partial charge < -0.3 is 10.1 Å². The van der Waals surface area contributed by atoms with E-state index >= 15 is 0 Å². The van der Waals surface area contributed by atoms with Crippen molar-refractivity contribution >= 4 is 17.2 Å². The second kappa shape index (κ2) is 7.72. The quantitative estimate of drug-likeness (QED) is 0.866. The third-order valence-electron chi connectivity index (χ3n) is 4.06. The lowest BCUT2D eigenvalue weighted by Gasteiger charge is -2.36. The zero-order valence-electron chi connectivity index (χ0n) is 13.2. The molecule has 1 fully saturated rings. The van der Waals surface area contributed by atoms with Crippen molar-refractivity contribution in [2.24, 2.45) is 0 Å². The number of hydrogen-bond donors (Lipinski definition) is 1. The lowest BCUT2D eigenvalue weighted by atomic mass is 10.2. The number of hydrogen-bond acceptors (Lipinski definition) is 5. The van der Waals surface area contributed by atoms with Crippen LogP contribution in [0.25, 0.3) is 0 Å². The van der Waals surface area contributed by atoms with E-state index in [2.05, 4.69) is 15.3 Å². The van der Waals surface area contributed by atoms with E-state index in [-0.39, 0.29) is 18.1 Å². The maximum absolute atomic E-state index is 12.4. The first kappa shape index (κ1) is 16.2. The van der Waals surface area contributed by atoms with Gasteiger partial charge in [-0.3, -0.25) is 14.4 Å². The Morgan fingerprint density at radius 2 is 2.48 bits per heavy atom. The summed E-state index contributed by atoms with van der Waals surface area (Å²) in [4.78, 5) is 15.7. The minimum Gasteiger partial charge on any atom is -0.374 e. The SMILES string of the molecule is C[C@H](C(=O)NCc1cccs1)N1CCO[C@H](Cn2cccn2)C1. The molecule has 3 heterocycles. The van der Waals surface area contributed by atoms with Gasteiger partial charge in [-0.15, -0.1) is 11.3 Å². The molecule has 0 aliphatic carbocycles. The molecule has 6 nitrogen and oxygen atoms in total. The molecule has 0 spiro atoms. The highest BCUT2D eigenvalue weighted by Gasteiger charge is 2.28. The van der Waals surface area contributed by atoms with E-state index in [0.717, 1.165) is 13.1 Å². The minimum atomic E-state index is -0.154. The summed E-state index contributed by atoms with van der Waals surface area (Å²) >= 11 is 1.66. The number of nitrogens with zero attached hydrogens (tertiary/aromatic N) is 3. The fraction of sp³-hybridized carbons (Fsp3) is 0.500. The minimum absolute atomic E-state index is 0.0659. The van der Waals surface area contributed by atoms with E-state index in [4.69, 9.17) is 4.74 Å². The van der Waals surface area contributed by atoms with Crippen LogP contribution in [0.3, 0.4) is 0 Å². The summed E-state index contributed by atoms with van der Waals surface area (Å²) in [7, 11) is 0. The molecule has 0 aromatic carbocycles. The first-order chi connectivity index (χ1) is 11.2. The molecule has 124 valence electrons. The topological polar surface area (TPSA) is 59.4 Å². The van der Waals surface area contributed by atoms with Crippen molar-refractivity contribution in [1.29, 1.82) is 0 Å². The van der Waals surface area contributed by atoms with Gasteiger partial charge >= 0.3 is 0 Å². The van der Waals surface area contributed by atoms with Crippen LogP contribution in [0, 0.1) is 0 Å². The van der Waals surface area contributed by atoms with Gasteiger partial charge in [-0.25, -0.2) is 0 Å². The van der Waals surface area contributed by atoms with Gasteiger partial charge in [-0.05, 0) is 24.4 Å². The molecule has 23 heavy (non-hydrogen) atoms. The van der Waals surface area contributed by atoms with Gasteiger partial charge in [0, 0.05) is 30.4 Å². The van der Waals surface area contributed by atoms with Gasteiger partial charge in [0.1, 0.15) is 0 Å². The first-order valence-corrected chi connectivity index (χ1v) is 8.73. The average molecular weight is 334 g/mol. The third kappa shape index (κ3) is 4.40. The number of aromatic nitrogens is 2. The summed E-state index contributed by atoms with van der Waals surface area (Å²) in [5, 5.41) is 9.25. The number of thiophene rings is 1. The Hall–Kier alpha value is -1.70. The van der Waals surface area contributed by atoms with Crippen LogP contribution in [0.2, 0.25) is 0 Å². The van der Waals surface area contributed by atoms with E-state index in [9.17, 15) is 4.79 Å². The van der Waals surface area contributed by atoms with Gasteiger partial charge in [0.25, 0.3) is 0 Å². The molecule has 2 aromatic rings. The highest BCUT2D eigenvalue weighted by Crippen LogP contribution is 2.12. The highest BCUT2D eigenvalue weighted by atomic mass is 32.1. The van der Waals surface area contributed by atoms with Crippen molar-refractivity contribution in [1.82, 2.24) is 20.0 Å². The molecule has 2 atom stereocenters. The Morgan fingerprint density at radius 3 is 3.22 bits per heavy atom. The summed E-state index contributed by atoms with van der Waals surface area (Å²) < 4.78 is 7.67. The summed E-state index contributed by atoms with van der Waals surface area (Å²) in [6.07, 6.45) is 3.76. The summed E-state index contributed by atoms with van der Waals surface area (Å²) in [6.45, 7) is 5.44. The monoisotopic (exact) mass is 334 g/mol. The molecule has 1 N–H and O–H groups in total. The van der Waals surface area contributed by atoms with Gasteiger partial charge in [-0.2, -0.15) is 5.10 Å². The molecule has 0 unspecified atom stereocenters. The average Bonchev–Trinajstić information content (AvgIpc) is 3.25. The summed E-state index contributed by atoms with van der Waals surface area (Å²) in [5.74, 6) is 0.0677. The van der Waals surface area contributed by atoms with Crippen molar-refractivity contribution < 1.29 is 9.53 Å². The van der Waals surface area contributed by atoms with Gasteiger partial charge in [0.05, 0.1) is 31.8 Å². The van der Waals surface area contributed by atoms with E-state index < -0.39 is 0 Å². The van der Waals surface area contributed by atoms with Gasteiger partial charge in [0.15, 0.2) is 0 Å². The lowest BCUT2D eigenvalue weighted by Crippen LogP contribution is -2.52. The van der Waals surface area contributed by atoms with Crippen molar-refractivity contribution in [3.8, 4) is 0 Å². The fourth-order valence-corrected chi connectivity index (χ4v) is 3.37. The number of carbonyl (C=O) groups is 1. The molecule has 2 aromatic heterocycles. The standard InChI is InChI=1S/C16H22N4O2S/c1-13(16(21)17-10-15-4-2-9-23-15)19-7-8-22-14(11-19)12-20-6-3-5-18-20/h2-6,9,13-14H,7-8,10-12H2,1H3,(H,17,21)/t13-,14+/m1/s1. The van der Waals surface area contributed by atoms with Crippen LogP contribution in [-0.2, 0) is 22.6 Å². The highest BCUT2D eigenvalue weighted by molar-refractivity contribution is 7.09. The van der Waals surface area contributed by atoms with Crippen molar-refractivity contribution in [2.45, 2.75) is 32.2 Å². The molecular weight excluding hydrogens is 312 g/mol. The van der Waals surface area contributed by atoms with E-state index in [1.54, 1.807) is 17.5 Å². The maximum Gasteiger partial charge on any atom is 0.237 e. The number of amides is 1. The molecular formula is C16H22N4O2S. The van der Waals surface area contributed by atoms with E-state index in [1.807, 2.05) is 41.4 Å². The van der Waals surface area contributed by atoms with Crippen LogP contribution >= 0.6 is 11.3 Å². The molecule has 7 heteroatoms. The maximum atomic E-state index is 12.4. The van der Waals surface area contributed by atoms with Crippen molar-refractivity contribution in [3.05, 3.63) is 40.8 Å². The van der Waals surface area contributed by atoms with Crippen LogP contribution in [-0.4, -0.2) is 52.4 Å². The summed E-state index contributed by atoms with van der Waals surface area (Å²) in [5.41, 5.74) is 0. The number of ether oxygens (including phenoxy) is 1. The Bertz CT molecular complexity index is 600. The molecule has 1 aliphatic rings. The number of carbonyl (C=O) groups excluding carboxylic acids is 1. The summed E-state index contributed by atoms with van der Waals surface area (Å²) in [6, 6.07) is 5.78. The Balaban J connectivity index is 1.49. The smallest absolute Gasteiger partial charge is 0.237 e. The Kier molecular flexibility index (Phi) is 5.43. The zero-order chi connectivity index (χ0) is 16.1. The molecule has 0 saturated carbocycles. The van der Waals surface area contributed by atoms with Crippen LogP contribution in [0.5, 0.6) is 0 Å². The molecule has 1 aliphatic heterocycles. The lowest BCUT2D eigenvalue weighted by molar-refractivity contribution is -0.129. The predicted molar refractivity (Wildman–Crippen MR) is 89.2 cm³/mol. The van der Waals surface area contributed by atoms with Gasteiger partial charge in [0.2, 0.25) is 5.91 Å². The van der Waals surface area contributed by atoms with Gasteiger partial charge in [-0.1, -0.05) is 6.07 Å².